The van der Waals surface area contributed by atoms with Gasteiger partial charge in [0.05, 0.1) is 22.1 Å². The van der Waals surface area contributed by atoms with Gasteiger partial charge in [0.25, 0.3) is 0 Å². The summed E-state index contributed by atoms with van der Waals surface area (Å²) in [6, 6.07) is 16.4. The van der Waals surface area contributed by atoms with Crippen molar-refractivity contribution >= 4 is 43.7 Å². The molecule has 5 nitrogen and oxygen atoms in total. The molecule has 4 heterocycles. The molecule has 0 aliphatic heterocycles. The molecule has 0 saturated heterocycles. The number of imidazole rings is 1. The predicted molar refractivity (Wildman–Crippen MR) is 104 cm³/mol. The van der Waals surface area contributed by atoms with E-state index in [1.165, 1.54) is 5.39 Å². The molecule has 0 spiro atoms. The Bertz CT molecular complexity index is 1370. The van der Waals surface area contributed by atoms with Crippen molar-refractivity contribution in [3.8, 4) is 11.4 Å². The van der Waals surface area contributed by atoms with Gasteiger partial charge in [0.15, 0.2) is 0 Å². The molecule has 0 aliphatic rings. The van der Waals surface area contributed by atoms with Gasteiger partial charge in [0.2, 0.25) is 0 Å². The SMILES string of the molecule is c1cnc2c(c1)c1nc(-c3ccc4[nH]ccc4c3)[nH]c1c1cccnc12. The molecule has 0 aliphatic carbocycles. The van der Waals surface area contributed by atoms with Crippen LogP contribution in [0.2, 0.25) is 0 Å². The fourth-order valence-corrected chi connectivity index (χ4v) is 3.68. The number of benzene rings is 2. The topological polar surface area (TPSA) is 70.2 Å². The van der Waals surface area contributed by atoms with E-state index in [0.717, 1.165) is 49.7 Å². The fraction of sp³-hybridized carbons (Fsp3) is 0. The van der Waals surface area contributed by atoms with Crippen LogP contribution in [-0.2, 0) is 0 Å². The monoisotopic (exact) mass is 335 g/mol. The normalized spacial score (nSPS) is 11.8. The number of hydrogen-bond acceptors (Lipinski definition) is 3. The standard InChI is InChI=1S/C21H13N5/c1-3-14-17(23-8-1)18-15(4-2-9-24-18)20-19(14)25-21(26-20)13-5-6-16-12(11-13)7-10-22-16/h1-11,22H,(H,25,26). The molecular formula is C21H13N5. The maximum atomic E-state index is 4.92. The Balaban J connectivity index is 1.74. The third kappa shape index (κ3) is 1.77. The molecule has 2 aromatic carbocycles. The number of aromatic amines is 2. The van der Waals surface area contributed by atoms with E-state index < -0.39 is 0 Å². The van der Waals surface area contributed by atoms with Crippen LogP contribution in [-0.4, -0.2) is 24.9 Å². The van der Waals surface area contributed by atoms with Gasteiger partial charge >= 0.3 is 0 Å². The van der Waals surface area contributed by atoms with Crippen molar-refractivity contribution in [2.24, 2.45) is 0 Å². The highest BCUT2D eigenvalue weighted by Gasteiger charge is 2.15. The van der Waals surface area contributed by atoms with Gasteiger partial charge in [0.1, 0.15) is 5.82 Å². The minimum atomic E-state index is 0.851. The molecular weight excluding hydrogens is 322 g/mol. The number of nitrogens with one attached hydrogen (secondary N) is 2. The summed E-state index contributed by atoms with van der Waals surface area (Å²) < 4.78 is 0. The summed E-state index contributed by atoms with van der Waals surface area (Å²) in [5.74, 6) is 0.851. The second-order valence-corrected chi connectivity index (χ2v) is 6.39. The Morgan fingerprint density at radius 1 is 0.769 bits per heavy atom. The summed E-state index contributed by atoms with van der Waals surface area (Å²) in [5.41, 5.74) is 5.88. The Kier molecular flexibility index (Phi) is 2.55. The van der Waals surface area contributed by atoms with Crippen LogP contribution in [0.3, 0.4) is 0 Å². The maximum Gasteiger partial charge on any atom is 0.138 e. The van der Waals surface area contributed by atoms with Crippen molar-refractivity contribution in [2.75, 3.05) is 0 Å². The van der Waals surface area contributed by atoms with E-state index >= 15 is 0 Å². The van der Waals surface area contributed by atoms with E-state index in [1.807, 2.05) is 18.3 Å². The van der Waals surface area contributed by atoms with Gasteiger partial charge in [-0.15, -0.1) is 0 Å². The number of nitrogens with zero attached hydrogens (tertiary/aromatic N) is 3. The molecule has 6 aromatic rings. The Morgan fingerprint density at radius 3 is 2.46 bits per heavy atom. The average molecular weight is 335 g/mol. The van der Waals surface area contributed by atoms with Gasteiger partial charge in [-0.05, 0) is 48.5 Å². The first kappa shape index (κ1) is 13.5. The summed E-state index contributed by atoms with van der Waals surface area (Å²) >= 11 is 0. The lowest BCUT2D eigenvalue weighted by atomic mass is 10.1. The second kappa shape index (κ2) is 4.89. The van der Waals surface area contributed by atoms with Crippen LogP contribution in [0.5, 0.6) is 0 Å². The number of rotatable bonds is 1. The molecule has 0 atom stereocenters. The van der Waals surface area contributed by atoms with Crippen molar-refractivity contribution < 1.29 is 0 Å². The Labute approximate surface area is 147 Å². The van der Waals surface area contributed by atoms with Gasteiger partial charge < -0.3 is 9.97 Å². The van der Waals surface area contributed by atoms with Crippen LogP contribution in [0.4, 0.5) is 0 Å². The highest BCUT2D eigenvalue weighted by atomic mass is 14.9. The molecule has 0 unspecified atom stereocenters. The molecule has 6 rings (SSSR count). The van der Waals surface area contributed by atoms with E-state index in [2.05, 4.69) is 56.3 Å². The van der Waals surface area contributed by atoms with Gasteiger partial charge in [-0.25, -0.2) is 4.98 Å². The zero-order valence-corrected chi connectivity index (χ0v) is 13.7. The summed E-state index contributed by atoms with van der Waals surface area (Å²) in [6.07, 6.45) is 5.56. The number of pyridine rings is 2. The van der Waals surface area contributed by atoms with Crippen LogP contribution in [0, 0.1) is 0 Å². The zero-order valence-electron chi connectivity index (χ0n) is 13.7. The highest BCUT2D eigenvalue weighted by molar-refractivity contribution is 6.21. The molecule has 2 N–H and O–H groups in total. The quantitative estimate of drug-likeness (QED) is 0.424. The third-order valence-electron chi connectivity index (χ3n) is 4.89. The predicted octanol–water partition coefficient (Wildman–Crippen LogP) is 4.81. The average Bonchev–Trinajstić information content (AvgIpc) is 3.35. The van der Waals surface area contributed by atoms with Crippen LogP contribution in [0.1, 0.15) is 0 Å². The van der Waals surface area contributed by atoms with Crippen molar-refractivity contribution in [3.63, 3.8) is 0 Å². The maximum absolute atomic E-state index is 4.92. The molecule has 5 heteroatoms. The molecule has 0 bridgehead atoms. The third-order valence-corrected chi connectivity index (χ3v) is 4.89. The van der Waals surface area contributed by atoms with Crippen LogP contribution < -0.4 is 0 Å². The number of fused-ring (bicyclic) bond motifs is 7. The van der Waals surface area contributed by atoms with Crippen molar-refractivity contribution in [2.45, 2.75) is 0 Å². The van der Waals surface area contributed by atoms with E-state index in [1.54, 1.807) is 12.4 Å². The van der Waals surface area contributed by atoms with Crippen LogP contribution in [0.25, 0.3) is 55.1 Å². The summed E-state index contributed by atoms with van der Waals surface area (Å²) in [6.45, 7) is 0. The number of aromatic nitrogens is 5. The molecule has 0 saturated carbocycles. The first-order valence-corrected chi connectivity index (χ1v) is 8.47. The smallest absolute Gasteiger partial charge is 0.138 e. The second-order valence-electron chi connectivity index (χ2n) is 6.39. The number of H-pyrrole nitrogens is 2. The zero-order chi connectivity index (χ0) is 17.1. The summed E-state index contributed by atoms with van der Waals surface area (Å²) in [5, 5.41) is 3.22. The summed E-state index contributed by atoms with van der Waals surface area (Å²) in [4.78, 5) is 20.8. The van der Waals surface area contributed by atoms with Gasteiger partial charge in [0, 0.05) is 45.8 Å². The van der Waals surface area contributed by atoms with Crippen LogP contribution >= 0.6 is 0 Å². The molecule has 122 valence electrons. The number of hydrogen-bond donors (Lipinski definition) is 2. The van der Waals surface area contributed by atoms with E-state index in [-0.39, 0.29) is 0 Å². The lowest BCUT2D eigenvalue weighted by Crippen LogP contribution is -1.86. The van der Waals surface area contributed by atoms with E-state index in [4.69, 9.17) is 4.98 Å². The van der Waals surface area contributed by atoms with Crippen molar-refractivity contribution in [1.29, 1.82) is 0 Å². The van der Waals surface area contributed by atoms with Gasteiger partial charge in [-0.1, -0.05) is 0 Å². The largest absolute Gasteiger partial charge is 0.361 e. The van der Waals surface area contributed by atoms with Crippen molar-refractivity contribution in [1.82, 2.24) is 24.9 Å². The van der Waals surface area contributed by atoms with Crippen LogP contribution in [0.15, 0.2) is 67.1 Å². The molecule has 0 amide bonds. The summed E-state index contributed by atoms with van der Waals surface area (Å²) in [7, 11) is 0. The fourth-order valence-electron chi connectivity index (χ4n) is 3.68. The highest BCUT2D eigenvalue weighted by Crippen LogP contribution is 2.33. The lowest BCUT2D eigenvalue weighted by Gasteiger charge is -2.03. The Hall–Kier alpha value is -3.73. The van der Waals surface area contributed by atoms with Crippen molar-refractivity contribution in [3.05, 3.63) is 67.1 Å². The first-order chi connectivity index (χ1) is 12.9. The molecule has 26 heavy (non-hydrogen) atoms. The van der Waals surface area contributed by atoms with Gasteiger partial charge in [-0.2, -0.15) is 0 Å². The Morgan fingerprint density at radius 2 is 1.58 bits per heavy atom. The first-order valence-electron chi connectivity index (χ1n) is 8.47. The van der Waals surface area contributed by atoms with Gasteiger partial charge in [-0.3, -0.25) is 9.97 Å². The molecule has 0 radical (unpaired) electrons. The lowest BCUT2D eigenvalue weighted by molar-refractivity contribution is 1.34. The van der Waals surface area contributed by atoms with E-state index in [9.17, 15) is 0 Å². The minimum absolute atomic E-state index is 0.851. The minimum Gasteiger partial charge on any atom is -0.361 e. The van der Waals surface area contributed by atoms with E-state index in [0.29, 0.717) is 0 Å². The molecule has 4 aromatic heterocycles. The molecule has 0 fully saturated rings.